The second-order valence-electron chi connectivity index (χ2n) is 6.85. The van der Waals surface area contributed by atoms with E-state index in [2.05, 4.69) is 20.6 Å². The lowest BCUT2D eigenvalue weighted by atomic mass is 10.2. The number of amides is 1. The fraction of sp³-hybridized carbons (Fsp3) is 0.136. The average Bonchev–Trinajstić information content (AvgIpc) is 3.48. The van der Waals surface area contributed by atoms with E-state index in [0.29, 0.717) is 21.7 Å². The third-order valence-corrected chi connectivity index (χ3v) is 4.61. The van der Waals surface area contributed by atoms with Crippen LogP contribution in [0.5, 0.6) is 0 Å². The van der Waals surface area contributed by atoms with Gasteiger partial charge in [-0.05, 0) is 43.3 Å². The second kappa shape index (κ2) is 9.17. The number of ether oxygens (including phenoxy) is 1. The highest BCUT2D eigenvalue weighted by Gasteiger charge is 2.41. The van der Waals surface area contributed by atoms with Gasteiger partial charge >= 0.3 is 12.1 Å². The summed E-state index contributed by atoms with van der Waals surface area (Å²) in [5.74, 6) is -1.32. The fourth-order valence-electron chi connectivity index (χ4n) is 3.09. The van der Waals surface area contributed by atoms with Crippen LogP contribution < -0.4 is 5.32 Å². The molecular weight excluding hydrogens is 455 g/mol. The number of alkyl halides is 3. The van der Waals surface area contributed by atoms with Gasteiger partial charge in [0.15, 0.2) is 17.1 Å². The quantitative estimate of drug-likeness (QED) is 0.416. The minimum absolute atomic E-state index is 0.0152. The molecule has 4 rings (SSSR count). The molecule has 3 heterocycles. The average molecular weight is 471 g/mol. The monoisotopic (exact) mass is 471 g/mol. The summed E-state index contributed by atoms with van der Waals surface area (Å²) in [6, 6.07) is 10.3. The van der Waals surface area contributed by atoms with Gasteiger partial charge < -0.3 is 14.6 Å². The van der Waals surface area contributed by atoms with E-state index in [1.54, 1.807) is 24.5 Å². The van der Waals surface area contributed by atoms with Crippen molar-refractivity contribution < 1.29 is 32.0 Å². The van der Waals surface area contributed by atoms with Crippen molar-refractivity contribution in [2.24, 2.45) is 0 Å². The number of carbonyl (C=O) groups is 2. The molecule has 1 aromatic carbocycles. The number of hydrogen-bond acceptors (Lipinski definition) is 7. The van der Waals surface area contributed by atoms with E-state index < -0.39 is 29.3 Å². The molecule has 0 saturated carbocycles. The molecular formula is C22H16F3N5O4. The third kappa shape index (κ3) is 4.65. The van der Waals surface area contributed by atoms with E-state index >= 15 is 0 Å². The lowest BCUT2D eigenvalue weighted by Gasteiger charge is -2.13. The second-order valence-corrected chi connectivity index (χ2v) is 6.85. The van der Waals surface area contributed by atoms with E-state index in [1.165, 1.54) is 37.3 Å². The van der Waals surface area contributed by atoms with Crippen molar-refractivity contribution in [2.45, 2.75) is 13.1 Å². The van der Waals surface area contributed by atoms with Gasteiger partial charge in [-0.1, -0.05) is 5.16 Å². The van der Waals surface area contributed by atoms with Gasteiger partial charge in [-0.25, -0.2) is 9.48 Å². The van der Waals surface area contributed by atoms with E-state index in [9.17, 15) is 22.8 Å². The Balaban J connectivity index is 1.54. The van der Waals surface area contributed by atoms with Gasteiger partial charge in [0.05, 0.1) is 18.5 Å². The smallest absolute Gasteiger partial charge is 0.434 e. The number of pyridine rings is 1. The van der Waals surface area contributed by atoms with Crippen LogP contribution in [-0.4, -0.2) is 38.4 Å². The third-order valence-electron chi connectivity index (χ3n) is 4.61. The standard InChI is InChI=1S/C22H16F3N5O4/c1-2-33-21(32)16-12-27-30(19(16)22(23,24)25)15-5-3-14(4-6-15)28-20(31)17-11-18(34-29-17)13-7-9-26-10-8-13/h3-12H,2H2,1H3,(H,28,31). The topological polar surface area (TPSA) is 112 Å². The van der Waals surface area contributed by atoms with Crippen LogP contribution in [0.3, 0.4) is 0 Å². The molecule has 3 aromatic heterocycles. The molecule has 34 heavy (non-hydrogen) atoms. The van der Waals surface area contributed by atoms with Gasteiger partial charge in [-0.15, -0.1) is 0 Å². The predicted molar refractivity (Wildman–Crippen MR) is 112 cm³/mol. The van der Waals surface area contributed by atoms with Gasteiger partial charge in [0.2, 0.25) is 0 Å². The van der Waals surface area contributed by atoms with Crippen LogP contribution in [0.25, 0.3) is 17.0 Å². The van der Waals surface area contributed by atoms with Crippen LogP contribution in [0.4, 0.5) is 18.9 Å². The molecule has 0 aliphatic heterocycles. The van der Waals surface area contributed by atoms with E-state index in [1.807, 2.05) is 0 Å². The Morgan fingerprint density at radius 2 is 1.82 bits per heavy atom. The van der Waals surface area contributed by atoms with Crippen molar-refractivity contribution in [3.8, 4) is 17.0 Å². The molecule has 0 unspecified atom stereocenters. The van der Waals surface area contributed by atoms with Crippen molar-refractivity contribution in [2.75, 3.05) is 11.9 Å². The van der Waals surface area contributed by atoms with Gasteiger partial charge in [0.1, 0.15) is 5.56 Å². The minimum atomic E-state index is -4.86. The number of benzene rings is 1. The normalized spacial score (nSPS) is 11.3. The highest BCUT2D eigenvalue weighted by molar-refractivity contribution is 6.03. The molecule has 0 aliphatic rings. The number of esters is 1. The van der Waals surface area contributed by atoms with Crippen molar-refractivity contribution in [1.29, 1.82) is 0 Å². The molecule has 0 bridgehead atoms. The summed E-state index contributed by atoms with van der Waals surface area (Å²) in [4.78, 5) is 28.3. The van der Waals surface area contributed by atoms with Crippen LogP contribution in [0, 0.1) is 0 Å². The molecule has 1 amide bonds. The number of nitrogens with zero attached hydrogens (tertiary/aromatic N) is 4. The molecule has 1 N–H and O–H groups in total. The Morgan fingerprint density at radius 3 is 2.47 bits per heavy atom. The summed E-state index contributed by atoms with van der Waals surface area (Å²) in [5, 5.41) is 10.0. The minimum Gasteiger partial charge on any atom is -0.462 e. The first-order valence-corrected chi connectivity index (χ1v) is 9.89. The molecule has 174 valence electrons. The zero-order chi connectivity index (χ0) is 24.3. The number of hydrogen-bond donors (Lipinski definition) is 1. The van der Waals surface area contributed by atoms with Crippen molar-refractivity contribution >= 4 is 17.6 Å². The summed E-state index contributed by atoms with van der Waals surface area (Å²) in [6.45, 7) is 1.41. The summed E-state index contributed by atoms with van der Waals surface area (Å²) in [7, 11) is 0. The summed E-state index contributed by atoms with van der Waals surface area (Å²) in [6.07, 6.45) is -0.913. The molecule has 0 saturated heterocycles. The molecule has 0 radical (unpaired) electrons. The lowest BCUT2D eigenvalue weighted by molar-refractivity contribution is -0.143. The number of nitrogens with one attached hydrogen (secondary N) is 1. The highest BCUT2D eigenvalue weighted by Crippen LogP contribution is 2.34. The lowest BCUT2D eigenvalue weighted by Crippen LogP contribution is -2.18. The Labute approximate surface area is 190 Å². The first kappa shape index (κ1) is 22.7. The van der Waals surface area contributed by atoms with Crippen LogP contribution in [0.15, 0.2) is 65.6 Å². The maximum absolute atomic E-state index is 13.6. The van der Waals surface area contributed by atoms with E-state index in [4.69, 9.17) is 9.26 Å². The van der Waals surface area contributed by atoms with Crippen LogP contribution in [0.2, 0.25) is 0 Å². The van der Waals surface area contributed by atoms with Crippen molar-refractivity contribution in [3.05, 3.63) is 78.0 Å². The van der Waals surface area contributed by atoms with Crippen molar-refractivity contribution in [3.63, 3.8) is 0 Å². The molecule has 0 fully saturated rings. The van der Waals surface area contributed by atoms with Gasteiger partial charge in [0.25, 0.3) is 5.91 Å². The molecule has 12 heteroatoms. The zero-order valence-corrected chi connectivity index (χ0v) is 17.5. The number of anilines is 1. The van der Waals surface area contributed by atoms with Crippen LogP contribution in [0.1, 0.15) is 33.5 Å². The first-order valence-electron chi connectivity index (χ1n) is 9.89. The molecule has 0 spiro atoms. The summed E-state index contributed by atoms with van der Waals surface area (Å²) >= 11 is 0. The Bertz CT molecular complexity index is 1310. The molecule has 4 aromatic rings. The number of carbonyl (C=O) groups excluding carboxylic acids is 2. The number of halogens is 3. The molecule has 9 nitrogen and oxygen atoms in total. The maximum atomic E-state index is 13.6. The molecule has 0 aliphatic carbocycles. The maximum Gasteiger partial charge on any atom is 0.434 e. The Kier molecular flexibility index (Phi) is 6.13. The predicted octanol–water partition coefficient (Wildman–Crippen LogP) is 4.37. The van der Waals surface area contributed by atoms with Gasteiger partial charge in [-0.2, -0.15) is 18.3 Å². The highest BCUT2D eigenvalue weighted by atomic mass is 19.4. The van der Waals surface area contributed by atoms with Crippen LogP contribution in [-0.2, 0) is 10.9 Å². The van der Waals surface area contributed by atoms with Gasteiger partial charge in [-0.3, -0.25) is 9.78 Å². The SMILES string of the molecule is CCOC(=O)c1cnn(-c2ccc(NC(=O)c3cc(-c4ccncc4)on3)cc2)c1C(F)(F)F. The summed E-state index contributed by atoms with van der Waals surface area (Å²) in [5.41, 5.74) is -0.915. The fourth-order valence-corrected chi connectivity index (χ4v) is 3.09. The Morgan fingerprint density at radius 1 is 1.12 bits per heavy atom. The largest absolute Gasteiger partial charge is 0.462 e. The zero-order valence-electron chi connectivity index (χ0n) is 17.5. The Hall–Kier alpha value is -4.48. The van der Waals surface area contributed by atoms with E-state index in [0.717, 1.165) is 6.20 Å². The van der Waals surface area contributed by atoms with E-state index in [-0.39, 0.29) is 18.0 Å². The van der Waals surface area contributed by atoms with Crippen LogP contribution >= 0.6 is 0 Å². The summed E-state index contributed by atoms with van der Waals surface area (Å²) < 4.78 is 51.4. The first-order chi connectivity index (χ1) is 16.3. The number of rotatable bonds is 6. The molecule has 0 atom stereocenters. The van der Waals surface area contributed by atoms with Gasteiger partial charge in [0, 0.05) is 29.7 Å². The number of aromatic nitrogens is 4. The van der Waals surface area contributed by atoms with Crippen molar-refractivity contribution in [1.82, 2.24) is 19.9 Å².